The van der Waals surface area contributed by atoms with E-state index in [0.29, 0.717) is 0 Å². The van der Waals surface area contributed by atoms with Crippen molar-refractivity contribution in [3.63, 3.8) is 0 Å². The summed E-state index contributed by atoms with van der Waals surface area (Å²) < 4.78 is 33.3. The van der Waals surface area contributed by atoms with Gasteiger partial charge < -0.3 is 0 Å². The molecule has 0 unspecified atom stereocenters. The Kier molecular flexibility index (Phi) is 3.98. The number of fused-ring (bicyclic) bond motifs is 1. The van der Waals surface area contributed by atoms with Crippen molar-refractivity contribution in [2.75, 3.05) is 0 Å². The number of nitrogens with zero attached hydrogens (tertiary/aromatic N) is 5. The van der Waals surface area contributed by atoms with Crippen molar-refractivity contribution in [2.45, 2.75) is 0 Å². The van der Waals surface area contributed by atoms with Crippen molar-refractivity contribution < 1.29 is 17.5 Å². The molecule has 9 nitrogen and oxygen atoms in total. The first-order chi connectivity index (χ1) is 9.45. The van der Waals surface area contributed by atoms with Crippen LogP contribution in [0.1, 0.15) is 0 Å². The van der Waals surface area contributed by atoms with Crippen molar-refractivity contribution >= 4 is 21.6 Å². The van der Waals surface area contributed by atoms with Gasteiger partial charge >= 0.3 is 10.4 Å². The van der Waals surface area contributed by atoms with Gasteiger partial charge in [-0.25, -0.2) is 4.98 Å². The van der Waals surface area contributed by atoms with Crippen LogP contribution in [0.2, 0.25) is 0 Å². The maximum Gasteiger partial charge on any atom is 0.394 e. The SMILES string of the molecule is O=S(=O)(O)O.c1cnc2c(c1)nnn2-c1ccncc1. The molecule has 104 valence electrons. The Morgan fingerprint density at radius 1 is 1.05 bits per heavy atom. The molecule has 0 aliphatic rings. The molecular formula is C10H9N5O4S. The minimum atomic E-state index is -4.67. The average molecular weight is 295 g/mol. The fraction of sp³-hybridized carbons (Fsp3) is 0. The zero-order valence-electron chi connectivity index (χ0n) is 9.90. The lowest BCUT2D eigenvalue weighted by molar-refractivity contribution is 0.381. The van der Waals surface area contributed by atoms with Gasteiger partial charge in [-0.3, -0.25) is 14.1 Å². The summed E-state index contributed by atoms with van der Waals surface area (Å²) in [6.07, 6.45) is 5.15. The van der Waals surface area contributed by atoms with E-state index < -0.39 is 10.4 Å². The number of rotatable bonds is 1. The molecule has 3 rings (SSSR count). The van der Waals surface area contributed by atoms with Gasteiger partial charge in [-0.1, -0.05) is 5.21 Å². The molecule has 0 radical (unpaired) electrons. The van der Waals surface area contributed by atoms with Crippen LogP contribution >= 0.6 is 0 Å². The highest BCUT2D eigenvalue weighted by molar-refractivity contribution is 7.79. The summed E-state index contributed by atoms with van der Waals surface area (Å²) in [4.78, 5) is 8.19. The summed E-state index contributed by atoms with van der Waals surface area (Å²) in [5.41, 5.74) is 2.45. The van der Waals surface area contributed by atoms with Crippen molar-refractivity contribution in [3.8, 4) is 5.69 Å². The summed E-state index contributed by atoms with van der Waals surface area (Å²) in [6, 6.07) is 7.45. The van der Waals surface area contributed by atoms with Crippen LogP contribution in [0.25, 0.3) is 16.9 Å². The van der Waals surface area contributed by atoms with Gasteiger partial charge in [-0.2, -0.15) is 13.1 Å². The van der Waals surface area contributed by atoms with Crippen molar-refractivity contribution in [3.05, 3.63) is 42.9 Å². The molecule has 3 aromatic heterocycles. The van der Waals surface area contributed by atoms with E-state index in [1.165, 1.54) is 0 Å². The Balaban J connectivity index is 0.000000257. The van der Waals surface area contributed by atoms with Gasteiger partial charge in [0.15, 0.2) is 5.65 Å². The van der Waals surface area contributed by atoms with Crippen LogP contribution in [0.15, 0.2) is 42.9 Å². The van der Waals surface area contributed by atoms with Gasteiger partial charge in [-0.05, 0) is 24.3 Å². The Labute approximate surface area is 113 Å². The Bertz CT molecular complexity index is 795. The van der Waals surface area contributed by atoms with E-state index in [9.17, 15) is 0 Å². The molecule has 0 saturated heterocycles. The molecule has 0 aromatic carbocycles. The van der Waals surface area contributed by atoms with Crippen LogP contribution in [0, 0.1) is 0 Å². The van der Waals surface area contributed by atoms with Crippen LogP contribution in [-0.2, 0) is 10.4 Å². The van der Waals surface area contributed by atoms with Gasteiger partial charge in [-0.15, -0.1) is 5.10 Å². The lowest BCUT2D eigenvalue weighted by Gasteiger charge is -1.98. The summed E-state index contributed by atoms with van der Waals surface area (Å²) in [7, 11) is -4.67. The number of aromatic nitrogens is 5. The van der Waals surface area contributed by atoms with Crippen LogP contribution < -0.4 is 0 Å². The third-order valence-electron chi connectivity index (χ3n) is 2.12. The summed E-state index contributed by atoms with van der Waals surface area (Å²) in [5.74, 6) is 0. The van der Waals surface area contributed by atoms with E-state index in [0.717, 1.165) is 16.9 Å². The molecule has 0 aliphatic carbocycles. The van der Waals surface area contributed by atoms with Gasteiger partial charge in [0.25, 0.3) is 0 Å². The quantitative estimate of drug-likeness (QED) is 0.622. The second-order valence-electron chi connectivity index (χ2n) is 3.50. The average Bonchev–Trinajstić information content (AvgIpc) is 2.81. The molecular weight excluding hydrogens is 286 g/mol. The first kappa shape index (κ1) is 14.0. The second-order valence-corrected chi connectivity index (χ2v) is 4.40. The largest absolute Gasteiger partial charge is 0.394 e. The van der Waals surface area contributed by atoms with Crippen LogP contribution in [0.5, 0.6) is 0 Å². The monoisotopic (exact) mass is 295 g/mol. The van der Waals surface area contributed by atoms with Crippen LogP contribution in [0.3, 0.4) is 0 Å². The molecule has 0 bridgehead atoms. The Morgan fingerprint density at radius 3 is 2.35 bits per heavy atom. The van der Waals surface area contributed by atoms with E-state index in [1.54, 1.807) is 23.3 Å². The topological polar surface area (TPSA) is 131 Å². The van der Waals surface area contributed by atoms with Crippen molar-refractivity contribution in [2.24, 2.45) is 0 Å². The zero-order chi connectivity index (χ0) is 14.6. The first-order valence-electron chi connectivity index (χ1n) is 5.22. The lowest BCUT2D eigenvalue weighted by atomic mass is 10.4. The maximum absolute atomic E-state index is 8.74. The molecule has 3 aromatic rings. The lowest BCUT2D eigenvalue weighted by Crippen LogP contribution is -1.97. The second kappa shape index (κ2) is 5.69. The Morgan fingerprint density at radius 2 is 1.70 bits per heavy atom. The van der Waals surface area contributed by atoms with E-state index in [1.807, 2.05) is 24.3 Å². The number of hydrogen-bond donors (Lipinski definition) is 2. The fourth-order valence-electron chi connectivity index (χ4n) is 1.42. The highest BCUT2D eigenvalue weighted by Gasteiger charge is 2.05. The van der Waals surface area contributed by atoms with Crippen LogP contribution in [0.4, 0.5) is 0 Å². The predicted molar refractivity (Wildman–Crippen MR) is 68.6 cm³/mol. The van der Waals surface area contributed by atoms with E-state index in [-0.39, 0.29) is 0 Å². The Hall–Kier alpha value is -2.43. The van der Waals surface area contributed by atoms with Gasteiger partial charge in [0.1, 0.15) is 5.52 Å². The third kappa shape index (κ3) is 3.78. The van der Waals surface area contributed by atoms with E-state index >= 15 is 0 Å². The summed E-state index contributed by atoms with van der Waals surface area (Å²) in [5, 5.41) is 8.07. The van der Waals surface area contributed by atoms with Crippen LogP contribution in [-0.4, -0.2) is 42.5 Å². The molecule has 10 heteroatoms. The molecule has 0 fully saturated rings. The molecule has 0 atom stereocenters. The minimum Gasteiger partial charge on any atom is -0.265 e. The zero-order valence-corrected chi connectivity index (χ0v) is 10.7. The summed E-state index contributed by atoms with van der Waals surface area (Å²) >= 11 is 0. The van der Waals surface area contributed by atoms with Gasteiger partial charge in [0.2, 0.25) is 0 Å². The van der Waals surface area contributed by atoms with Gasteiger partial charge in [0.05, 0.1) is 5.69 Å². The molecule has 3 heterocycles. The molecule has 0 amide bonds. The van der Waals surface area contributed by atoms with Crippen molar-refractivity contribution in [1.82, 2.24) is 25.0 Å². The smallest absolute Gasteiger partial charge is 0.265 e. The maximum atomic E-state index is 8.74. The highest BCUT2D eigenvalue weighted by atomic mass is 32.3. The first-order valence-corrected chi connectivity index (χ1v) is 6.61. The highest BCUT2D eigenvalue weighted by Crippen LogP contribution is 2.11. The normalized spacial score (nSPS) is 10.9. The minimum absolute atomic E-state index is 0.753. The molecule has 0 saturated carbocycles. The fourth-order valence-corrected chi connectivity index (χ4v) is 1.42. The van der Waals surface area contributed by atoms with E-state index in [4.69, 9.17) is 17.5 Å². The molecule has 2 N–H and O–H groups in total. The molecule has 0 spiro atoms. The standard InChI is InChI=1S/C10H7N5.H2O4S/c1-2-9-10(12-5-1)15(14-13-9)8-3-6-11-7-4-8;1-5(2,3)4/h1-7H;(H2,1,2,3,4). The predicted octanol–water partition coefficient (Wildman–Crippen LogP) is 0.558. The molecule has 20 heavy (non-hydrogen) atoms. The third-order valence-corrected chi connectivity index (χ3v) is 2.12. The number of pyridine rings is 2. The number of hydrogen-bond acceptors (Lipinski definition) is 6. The van der Waals surface area contributed by atoms with E-state index in [2.05, 4.69) is 20.3 Å². The summed E-state index contributed by atoms with van der Waals surface area (Å²) in [6.45, 7) is 0. The van der Waals surface area contributed by atoms with Crippen molar-refractivity contribution in [1.29, 1.82) is 0 Å². The molecule has 0 aliphatic heterocycles. The van der Waals surface area contributed by atoms with Gasteiger partial charge in [0, 0.05) is 18.6 Å².